The van der Waals surface area contributed by atoms with Crippen LogP contribution in [-0.2, 0) is 9.47 Å². The maximum Gasteiger partial charge on any atom is 0.0933 e. The van der Waals surface area contributed by atoms with Gasteiger partial charge in [0, 0.05) is 28.7 Å². The molecule has 0 radical (unpaired) electrons. The monoisotopic (exact) mass is 305 g/mol. The van der Waals surface area contributed by atoms with Crippen LogP contribution in [0.25, 0.3) is 0 Å². The van der Waals surface area contributed by atoms with Crippen molar-refractivity contribution < 1.29 is 14.6 Å². The summed E-state index contributed by atoms with van der Waals surface area (Å²) < 4.78 is 10.8. The van der Waals surface area contributed by atoms with Gasteiger partial charge in [-0.2, -0.15) is 0 Å². The van der Waals surface area contributed by atoms with Crippen LogP contribution in [0.3, 0.4) is 0 Å². The van der Waals surface area contributed by atoms with E-state index in [1.807, 2.05) is 0 Å². The standard InChI is InChI=1S/C13H17Cl2NO3/c14-9-1-2-12(15)11(5-9)13(17)7-16-6-10-8-18-3-4-19-10/h1-2,5,10,13,16-17H,3-4,6-8H2. The Labute approximate surface area is 122 Å². The summed E-state index contributed by atoms with van der Waals surface area (Å²) in [5.74, 6) is 0. The van der Waals surface area contributed by atoms with Crippen molar-refractivity contribution in [1.82, 2.24) is 5.32 Å². The van der Waals surface area contributed by atoms with E-state index < -0.39 is 6.10 Å². The minimum Gasteiger partial charge on any atom is -0.387 e. The van der Waals surface area contributed by atoms with Crippen LogP contribution in [0, 0.1) is 0 Å². The molecule has 2 unspecified atom stereocenters. The van der Waals surface area contributed by atoms with Crippen molar-refractivity contribution in [3.8, 4) is 0 Å². The lowest BCUT2D eigenvalue weighted by atomic mass is 10.1. The average Bonchev–Trinajstić information content (AvgIpc) is 2.42. The zero-order chi connectivity index (χ0) is 13.7. The van der Waals surface area contributed by atoms with Gasteiger partial charge in [-0.15, -0.1) is 0 Å². The van der Waals surface area contributed by atoms with Crippen molar-refractivity contribution in [1.29, 1.82) is 0 Å². The molecular weight excluding hydrogens is 289 g/mol. The zero-order valence-corrected chi connectivity index (χ0v) is 12.0. The van der Waals surface area contributed by atoms with E-state index in [-0.39, 0.29) is 6.10 Å². The van der Waals surface area contributed by atoms with E-state index >= 15 is 0 Å². The minimum absolute atomic E-state index is 0.0378. The van der Waals surface area contributed by atoms with Crippen LogP contribution >= 0.6 is 23.2 Å². The van der Waals surface area contributed by atoms with E-state index in [4.69, 9.17) is 32.7 Å². The van der Waals surface area contributed by atoms with Crippen LogP contribution in [0.15, 0.2) is 18.2 Å². The highest BCUT2D eigenvalue weighted by atomic mass is 35.5. The molecule has 19 heavy (non-hydrogen) atoms. The van der Waals surface area contributed by atoms with Crippen molar-refractivity contribution in [2.45, 2.75) is 12.2 Å². The fraction of sp³-hybridized carbons (Fsp3) is 0.538. The third-order valence-electron chi connectivity index (χ3n) is 2.91. The van der Waals surface area contributed by atoms with Crippen molar-refractivity contribution in [2.75, 3.05) is 32.9 Å². The first kappa shape index (κ1) is 15.0. The number of halogens is 2. The molecule has 2 rings (SSSR count). The number of hydrogen-bond donors (Lipinski definition) is 2. The van der Waals surface area contributed by atoms with Crippen molar-refractivity contribution in [3.05, 3.63) is 33.8 Å². The number of ether oxygens (including phenoxy) is 2. The second-order valence-electron chi connectivity index (χ2n) is 4.41. The lowest BCUT2D eigenvalue weighted by Gasteiger charge is -2.24. The van der Waals surface area contributed by atoms with Gasteiger partial charge in [-0.1, -0.05) is 23.2 Å². The summed E-state index contributed by atoms with van der Waals surface area (Å²) in [6.07, 6.45) is -0.661. The van der Waals surface area contributed by atoms with E-state index in [0.717, 1.165) is 0 Å². The largest absolute Gasteiger partial charge is 0.387 e. The quantitative estimate of drug-likeness (QED) is 0.874. The number of aliphatic hydroxyl groups is 1. The zero-order valence-electron chi connectivity index (χ0n) is 10.4. The Hall–Kier alpha value is -0.360. The van der Waals surface area contributed by atoms with Gasteiger partial charge in [0.2, 0.25) is 0 Å². The Morgan fingerprint density at radius 1 is 1.37 bits per heavy atom. The molecule has 0 bridgehead atoms. The number of rotatable bonds is 5. The smallest absolute Gasteiger partial charge is 0.0933 e. The molecule has 2 atom stereocenters. The van der Waals surface area contributed by atoms with Gasteiger partial charge in [0.05, 0.1) is 32.0 Å². The predicted octanol–water partition coefficient (Wildman–Crippen LogP) is 2.03. The van der Waals surface area contributed by atoms with Crippen LogP contribution in [0.1, 0.15) is 11.7 Å². The summed E-state index contributed by atoms with van der Waals surface area (Å²) >= 11 is 11.9. The molecule has 0 saturated carbocycles. The van der Waals surface area contributed by atoms with E-state index in [1.54, 1.807) is 18.2 Å². The van der Waals surface area contributed by atoms with Gasteiger partial charge in [0.25, 0.3) is 0 Å². The van der Waals surface area contributed by atoms with Crippen LogP contribution in [0.5, 0.6) is 0 Å². The first-order valence-corrected chi connectivity index (χ1v) is 6.95. The Bertz CT molecular complexity index is 411. The Balaban J connectivity index is 1.80. The molecule has 2 N–H and O–H groups in total. The fourth-order valence-corrected chi connectivity index (χ4v) is 2.34. The SMILES string of the molecule is OC(CNCC1COCCO1)c1cc(Cl)ccc1Cl. The molecule has 1 saturated heterocycles. The maximum atomic E-state index is 10.1. The molecule has 1 fully saturated rings. The van der Waals surface area contributed by atoms with Gasteiger partial charge >= 0.3 is 0 Å². The fourth-order valence-electron chi connectivity index (χ4n) is 1.92. The number of benzene rings is 1. The highest BCUT2D eigenvalue weighted by Crippen LogP contribution is 2.25. The van der Waals surface area contributed by atoms with Crippen LogP contribution in [-0.4, -0.2) is 44.1 Å². The third kappa shape index (κ3) is 4.60. The van der Waals surface area contributed by atoms with Crippen LogP contribution in [0.4, 0.5) is 0 Å². The van der Waals surface area contributed by atoms with Gasteiger partial charge in [-0.3, -0.25) is 0 Å². The normalized spacial score (nSPS) is 21.3. The van der Waals surface area contributed by atoms with Crippen molar-refractivity contribution >= 4 is 23.2 Å². The van der Waals surface area contributed by atoms with E-state index in [1.165, 1.54) is 0 Å². The van der Waals surface area contributed by atoms with E-state index in [2.05, 4.69) is 5.32 Å². The molecule has 1 aromatic rings. The second-order valence-corrected chi connectivity index (χ2v) is 5.25. The van der Waals surface area contributed by atoms with Crippen molar-refractivity contribution in [2.24, 2.45) is 0 Å². The van der Waals surface area contributed by atoms with Gasteiger partial charge in [-0.05, 0) is 18.2 Å². The first-order valence-electron chi connectivity index (χ1n) is 6.20. The number of aliphatic hydroxyl groups excluding tert-OH is 1. The summed E-state index contributed by atoms with van der Waals surface area (Å²) in [6, 6.07) is 5.05. The Morgan fingerprint density at radius 3 is 2.95 bits per heavy atom. The lowest BCUT2D eigenvalue weighted by molar-refractivity contribution is -0.0868. The molecule has 4 nitrogen and oxygen atoms in total. The number of hydrogen-bond acceptors (Lipinski definition) is 4. The van der Waals surface area contributed by atoms with E-state index in [0.29, 0.717) is 48.5 Å². The molecule has 0 aromatic heterocycles. The molecule has 1 aromatic carbocycles. The lowest BCUT2D eigenvalue weighted by Crippen LogP contribution is -2.38. The van der Waals surface area contributed by atoms with Gasteiger partial charge in [0.15, 0.2) is 0 Å². The van der Waals surface area contributed by atoms with Crippen LogP contribution < -0.4 is 5.32 Å². The summed E-state index contributed by atoms with van der Waals surface area (Å²) in [6.45, 7) is 2.88. The Kier molecular flexibility index (Phi) is 5.88. The molecular formula is C13H17Cl2NO3. The summed E-state index contributed by atoms with van der Waals surface area (Å²) in [4.78, 5) is 0. The number of nitrogens with one attached hydrogen (secondary N) is 1. The maximum absolute atomic E-state index is 10.1. The molecule has 1 heterocycles. The van der Waals surface area contributed by atoms with Crippen LogP contribution in [0.2, 0.25) is 10.0 Å². The molecule has 0 spiro atoms. The van der Waals surface area contributed by atoms with Gasteiger partial charge < -0.3 is 19.9 Å². The molecule has 0 aliphatic carbocycles. The summed E-state index contributed by atoms with van der Waals surface area (Å²) in [5, 5.41) is 14.3. The third-order valence-corrected chi connectivity index (χ3v) is 3.49. The topological polar surface area (TPSA) is 50.7 Å². The van der Waals surface area contributed by atoms with Gasteiger partial charge in [0.1, 0.15) is 0 Å². The summed E-state index contributed by atoms with van der Waals surface area (Å²) in [5.41, 5.74) is 0.627. The van der Waals surface area contributed by atoms with Gasteiger partial charge in [-0.25, -0.2) is 0 Å². The highest BCUT2D eigenvalue weighted by molar-refractivity contribution is 6.33. The summed E-state index contributed by atoms with van der Waals surface area (Å²) in [7, 11) is 0. The van der Waals surface area contributed by atoms with Crippen molar-refractivity contribution in [3.63, 3.8) is 0 Å². The molecule has 1 aliphatic heterocycles. The Morgan fingerprint density at radius 2 is 2.21 bits per heavy atom. The predicted molar refractivity (Wildman–Crippen MR) is 74.9 cm³/mol. The first-order chi connectivity index (χ1) is 9.16. The average molecular weight is 306 g/mol. The molecule has 106 valence electrons. The second kappa shape index (κ2) is 7.43. The molecule has 1 aliphatic rings. The molecule has 6 heteroatoms. The highest BCUT2D eigenvalue weighted by Gasteiger charge is 2.16. The minimum atomic E-state index is -0.698. The van der Waals surface area contributed by atoms with E-state index in [9.17, 15) is 5.11 Å². The molecule has 0 amide bonds.